The van der Waals surface area contributed by atoms with Crippen molar-refractivity contribution in [3.05, 3.63) is 35.1 Å². The molecule has 2 heterocycles. The second kappa shape index (κ2) is 5.57. The number of hydrogen-bond acceptors (Lipinski definition) is 2. The third-order valence-electron chi connectivity index (χ3n) is 4.28. The van der Waals surface area contributed by atoms with E-state index in [9.17, 15) is 17.6 Å². The summed E-state index contributed by atoms with van der Waals surface area (Å²) in [6.45, 7) is 0.0219. The summed E-state index contributed by atoms with van der Waals surface area (Å²) in [6, 6.07) is 3.52. The van der Waals surface area contributed by atoms with Crippen LogP contribution in [0.25, 0.3) is 0 Å². The van der Waals surface area contributed by atoms with Crippen molar-refractivity contribution in [2.45, 2.75) is 56.7 Å². The zero-order valence-electron chi connectivity index (χ0n) is 11.4. The van der Waals surface area contributed by atoms with Crippen molar-refractivity contribution in [1.82, 2.24) is 5.32 Å². The molecular weight excluding hydrogens is 286 g/mol. The topological polar surface area (TPSA) is 21.3 Å². The Morgan fingerprint density at radius 2 is 1.81 bits per heavy atom. The van der Waals surface area contributed by atoms with Crippen LogP contribution >= 0.6 is 0 Å². The number of piperidine rings is 1. The van der Waals surface area contributed by atoms with E-state index in [0.717, 1.165) is 37.8 Å². The fraction of sp³-hybridized carbons (Fsp3) is 0.600. The summed E-state index contributed by atoms with van der Waals surface area (Å²) in [6.07, 6.45) is -0.407. The summed E-state index contributed by atoms with van der Waals surface area (Å²) >= 11 is 0. The number of rotatable bonds is 3. The lowest BCUT2D eigenvalue weighted by atomic mass is 10.0. The van der Waals surface area contributed by atoms with Gasteiger partial charge in [-0.3, -0.25) is 0 Å². The molecule has 0 spiro atoms. The number of fused-ring (bicyclic) bond motifs is 2. The van der Waals surface area contributed by atoms with E-state index in [0.29, 0.717) is 18.2 Å². The van der Waals surface area contributed by atoms with Gasteiger partial charge < -0.3 is 10.1 Å². The van der Waals surface area contributed by atoms with Crippen LogP contribution in [-0.4, -0.2) is 18.2 Å². The maximum atomic E-state index is 13.7. The predicted molar refractivity (Wildman–Crippen MR) is 69.2 cm³/mol. The summed E-state index contributed by atoms with van der Waals surface area (Å²) in [5, 5.41) is 3.47. The molecule has 0 aliphatic carbocycles. The Hall–Kier alpha value is -1.14. The highest BCUT2D eigenvalue weighted by Gasteiger charge is 2.34. The molecule has 116 valence electrons. The molecule has 0 aromatic heterocycles. The van der Waals surface area contributed by atoms with Crippen molar-refractivity contribution in [2.24, 2.45) is 0 Å². The Kier molecular flexibility index (Phi) is 3.92. The highest BCUT2D eigenvalue weighted by atomic mass is 19.4. The molecular formula is C15H17F4NO. The first kappa shape index (κ1) is 14.8. The van der Waals surface area contributed by atoms with Gasteiger partial charge in [0, 0.05) is 17.6 Å². The quantitative estimate of drug-likeness (QED) is 0.861. The number of hydrogen-bond donors (Lipinski definition) is 1. The zero-order valence-corrected chi connectivity index (χ0v) is 11.4. The molecule has 2 aliphatic heterocycles. The van der Waals surface area contributed by atoms with Crippen LogP contribution in [0.15, 0.2) is 18.2 Å². The maximum Gasteiger partial charge on any atom is 0.416 e. The molecule has 3 rings (SSSR count). The van der Waals surface area contributed by atoms with Crippen molar-refractivity contribution in [3.63, 3.8) is 0 Å². The number of halogens is 4. The van der Waals surface area contributed by atoms with Gasteiger partial charge in [-0.2, -0.15) is 13.2 Å². The molecule has 0 unspecified atom stereocenters. The molecule has 0 radical (unpaired) electrons. The van der Waals surface area contributed by atoms with Gasteiger partial charge in [0.15, 0.2) is 0 Å². The van der Waals surface area contributed by atoms with Gasteiger partial charge in [0.05, 0.1) is 18.3 Å². The standard InChI is InChI=1S/C15H17F4NO/c16-14-5-10(15(17,18)19)2-1-9(14)8-21-13-6-11-3-4-12(7-13)20-11/h1-2,5,11-13,20H,3-4,6-8H2/t11-,12-/m1/s1. The average Bonchev–Trinajstić information content (AvgIpc) is 2.75. The number of benzene rings is 1. The van der Waals surface area contributed by atoms with Crippen molar-refractivity contribution in [3.8, 4) is 0 Å². The molecule has 2 aliphatic rings. The molecule has 1 aromatic rings. The van der Waals surface area contributed by atoms with Crippen LogP contribution in [0.5, 0.6) is 0 Å². The first-order valence-corrected chi connectivity index (χ1v) is 7.15. The third-order valence-corrected chi connectivity index (χ3v) is 4.28. The van der Waals surface area contributed by atoms with Gasteiger partial charge in [0.2, 0.25) is 0 Å². The van der Waals surface area contributed by atoms with E-state index >= 15 is 0 Å². The first-order valence-electron chi connectivity index (χ1n) is 7.15. The molecule has 0 saturated carbocycles. The summed E-state index contributed by atoms with van der Waals surface area (Å²) in [4.78, 5) is 0. The largest absolute Gasteiger partial charge is 0.416 e. The first-order chi connectivity index (χ1) is 9.91. The SMILES string of the molecule is Fc1cc(C(F)(F)F)ccc1COC1C[C@H]2CC[C@H](C1)N2. The van der Waals surface area contributed by atoms with Crippen molar-refractivity contribution in [2.75, 3.05) is 0 Å². The molecule has 2 nitrogen and oxygen atoms in total. The van der Waals surface area contributed by atoms with Gasteiger partial charge in [-0.05, 0) is 37.8 Å². The van der Waals surface area contributed by atoms with Crippen LogP contribution in [-0.2, 0) is 17.5 Å². The van der Waals surface area contributed by atoms with Gasteiger partial charge in [-0.15, -0.1) is 0 Å². The Balaban J connectivity index is 1.60. The van der Waals surface area contributed by atoms with Gasteiger partial charge in [-0.1, -0.05) is 6.07 Å². The summed E-state index contributed by atoms with van der Waals surface area (Å²) in [5.41, 5.74) is -0.794. The van der Waals surface area contributed by atoms with Crippen LogP contribution in [0.4, 0.5) is 17.6 Å². The van der Waals surface area contributed by atoms with Crippen LogP contribution in [0.1, 0.15) is 36.8 Å². The van der Waals surface area contributed by atoms with Gasteiger partial charge >= 0.3 is 6.18 Å². The molecule has 2 saturated heterocycles. The van der Waals surface area contributed by atoms with Crippen molar-refractivity contribution < 1.29 is 22.3 Å². The predicted octanol–water partition coefficient (Wildman–Crippen LogP) is 3.64. The zero-order chi connectivity index (χ0) is 15.0. The number of alkyl halides is 3. The van der Waals surface area contributed by atoms with Crippen LogP contribution in [0, 0.1) is 5.82 Å². The minimum absolute atomic E-state index is 0.0219. The van der Waals surface area contributed by atoms with Crippen molar-refractivity contribution >= 4 is 0 Å². The van der Waals surface area contributed by atoms with E-state index in [1.54, 1.807) is 0 Å². The van der Waals surface area contributed by atoms with E-state index < -0.39 is 17.6 Å². The maximum absolute atomic E-state index is 13.7. The molecule has 1 N–H and O–H groups in total. The van der Waals surface area contributed by atoms with Gasteiger partial charge in [0.1, 0.15) is 5.82 Å². The monoisotopic (exact) mass is 303 g/mol. The summed E-state index contributed by atoms with van der Waals surface area (Å²) in [5.74, 6) is -0.860. The molecule has 6 heteroatoms. The summed E-state index contributed by atoms with van der Waals surface area (Å²) in [7, 11) is 0. The second-order valence-corrected chi connectivity index (χ2v) is 5.85. The normalized spacial score (nSPS) is 28.9. The highest BCUT2D eigenvalue weighted by molar-refractivity contribution is 5.26. The van der Waals surface area contributed by atoms with Crippen molar-refractivity contribution in [1.29, 1.82) is 0 Å². The Labute approximate surface area is 120 Å². The average molecular weight is 303 g/mol. The van der Waals surface area contributed by atoms with E-state index in [1.807, 2.05) is 0 Å². The smallest absolute Gasteiger partial charge is 0.373 e. The molecule has 2 fully saturated rings. The molecule has 2 bridgehead atoms. The lowest BCUT2D eigenvalue weighted by Crippen LogP contribution is -2.41. The minimum atomic E-state index is -4.52. The van der Waals surface area contributed by atoms with E-state index in [4.69, 9.17) is 4.74 Å². The molecule has 0 amide bonds. The second-order valence-electron chi connectivity index (χ2n) is 5.85. The van der Waals surface area contributed by atoms with E-state index in [2.05, 4.69) is 5.32 Å². The lowest BCUT2D eigenvalue weighted by Gasteiger charge is -2.29. The summed E-state index contributed by atoms with van der Waals surface area (Å²) < 4.78 is 56.8. The minimum Gasteiger partial charge on any atom is -0.373 e. The van der Waals surface area contributed by atoms with E-state index in [1.165, 1.54) is 0 Å². The Morgan fingerprint density at radius 1 is 1.14 bits per heavy atom. The Morgan fingerprint density at radius 3 is 2.38 bits per heavy atom. The van der Waals surface area contributed by atoms with Crippen LogP contribution in [0.2, 0.25) is 0 Å². The molecule has 2 atom stereocenters. The fourth-order valence-electron chi connectivity index (χ4n) is 3.19. The Bertz CT molecular complexity index is 505. The van der Waals surface area contributed by atoms with E-state index in [-0.39, 0.29) is 18.3 Å². The number of ether oxygens (including phenoxy) is 1. The van der Waals surface area contributed by atoms with Gasteiger partial charge in [0.25, 0.3) is 0 Å². The fourth-order valence-corrected chi connectivity index (χ4v) is 3.19. The third kappa shape index (κ3) is 3.37. The molecule has 21 heavy (non-hydrogen) atoms. The molecule has 1 aromatic carbocycles. The van der Waals surface area contributed by atoms with Crippen LogP contribution in [0.3, 0.4) is 0 Å². The lowest BCUT2D eigenvalue weighted by molar-refractivity contribution is -0.137. The highest BCUT2D eigenvalue weighted by Crippen LogP contribution is 2.31. The van der Waals surface area contributed by atoms with Crippen LogP contribution < -0.4 is 5.32 Å². The van der Waals surface area contributed by atoms with Gasteiger partial charge in [-0.25, -0.2) is 4.39 Å². The number of nitrogens with one attached hydrogen (secondary N) is 1.